The number of methoxy groups -OCH3 is 2. The van der Waals surface area contributed by atoms with Crippen LogP contribution in [-0.2, 0) is 24.3 Å². The molecule has 0 spiro atoms. The molecule has 0 saturated heterocycles. The van der Waals surface area contributed by atoms with Gasteiger partial charge in [-0.25, -0.2) is 4.39 Å². The first kappa shape index (κ1) is 19.7. The van der Waals surface area contributed by atoms with E-state index in [0.717, 1.165) is 30.6 Å². The quantitative estimate of drug-likeness (QED) is 0.717. The van der Waals surface area contributed by atoms with Crippen molar-refractivity contribution in [3.63, 3.8) is 0 Å². The average Bonchev–Trinajstić information content (AvgIpc) is 3.58. The number of carbonyl (C=O) groups is 1. The van der Waals surface area contributed by atoms with Gasteiger partial charge in [-0.3, -0.25) is 9.69 Å². The summed E-state index contributed by atoms with van der Waals surface area (Å²) in [6, 6.07) is 11.2. The van der Waals surface area contributed by atoms with Crippen molar-refractivity contribution in [3.05, 3.63) is 58.9 Å². The molecule has 0 aromatic heterocycles. The summed E-state index contributed by atoms with van der Waals surface area (Å²) in [7, 11) is 3.25. The summed E-state index contributed by atoms with van der Waals surface area (Å²) < 4.78 is 24.9. The molecule has 2 aromatic carbocycles. The summed E-state index contributed by atoms with van der Waals surface area (Å²) >= 11 is 0. The molecule has 154 valence electrons. The number of hydrogen-bond acceptors (Lipinski definition) is 4. The number of benzene rings is 2. The number of ether oxygens (including phenoxy) is 2. The Balaban J connectivity index is 1.45. The van der Waals surface area contributed by atoms with Crippen LogP contribution in [-0.4, -0.2) is 49.1 Å². The largest absolute Gasteiger partial charge is 0.493 e. The Hall–Kier alpha value is -2.60. The molecule has 2 aromatic rings. The van der Waals surface area contributed by atoms with E-state index in [9.17, 15) is 9.18 Å². The highest BCUT2D eigenvalue weighted by molar-refractivity contribution is 5.78. The van der Waals surface area contributed by atoms with Crippen LogP contribution in [0.15, 0.2) is 36.4 Å². The van der Waals surface area contributed by atoms with Crippen LogP contribution >= 0.6 is 0 Å². The third-order valence-electron chi connectivity index (χ3n) is 5.80. The fourth-order valence-electron chi connectivity index (χ4n) is 3.97. The van der Waals surface area contributed by atoms with Gasteiger partial charge in [0.15, 0.2) is 11.5 Å². The van der Waals surface area contributed by atoms with E-state index in [4.69, 9.17) is 9.47 Å². The molecular formula is C23H27FN2O3. The molecule has 0 unspecified atom stereocenters. The molecule has 1 amide bonds. The molecule has 5 nitrogen and oxygen atoms in total. The molecule has 0 bridgehead atoms. The van der Waals surface area contributed by atoms with Gasteiger partial charge in [0.2, 0.25) is 5.91 Å². The summed E-state index contributed by atoms with van der Waals surface area (Å²) in [6.45, 7) is 2.03. The van der Waals surface area contributed by atoms with Gasteiger partial charge in [-0.1, -0.05) is 18.2 Å². The fraction of sp³-hybridized carbons (Fsp3) is 0.435. The van der Waals surface area contributed by atoms with Gasteiger partial charge in [0.05, 0.1) is 20.8 Å². The number of amides is 1. The third-order valence-corrected chi connectivity index (χ3v) is 5.80. The second-order valence-corrected chi connectivity index (χ2v) is 7.77. The number of fused-ring (bicyclic) bond motifs is 1. The van der Waals surface area contributed by atoms with E-state index in [-0.39, 0.29) is 11.7 Å². The van der Waals surface area contributed by atoms with Gasteiger partial charge in [-0.15, -0.1) is 0 Å². The van der Waals surface area contributed by atoms with Crippen molar-refractivity contribution < 1.29 is 18.7 Å². The smallest absolute Gasteiger partial charge is 0.237 e. The topological polar surface area (TPSA) is 42.0 Å². The van der Waals surface area contributed by atoms with E-state index in [1.165, 1.54) is 11.6 Å². The Kier molecular flexibility index (Phi) is 5.72. The molecule has 1 aliphatic carbocycles. The van der Waals surface area contributed by atoms with Crippen LogP contribution < -0.4 is 9.47 Å². The summed E-state index contributed by atoms with van der Waals surface area (Å²) in [4.78, 5) is 17.0. The van der Waals surface area contributed by atoms with Crippen molar-refractivity contribution in [2.75, 3.05) is 27.3 Å². The minimum atomic E-state index is -0.210. The summed E-state index contributed by atoms with van der Waals surface area (Å²) in [5.41, 5.74) is 2.93. The highest BCUT2D eigenvalue weighted by atomic mass is 19.1. The van der Waals surface area contributed by atoms with Crippen molar-refractivity contribution in [2.45, 2.75) is 38.4 Å². The number of halogens is 1. The van der Waals surface area contributed by atoms with E-state index < -0.39 is 0 Å². The first-order valence-corrected chi connectivity index (χ1v) is 10.1. The molecule has 29 heavy (non-hydrogen) atoms. The monoisotopic (exact) mass is 398 g/mol. The lowest BCUT2D eigenvalue weighted by Crippen LogP contribution is -2.43. The zero-order valence-electron chi connectivity index (χ0n) is 17.0. The van der Waals surface area contributed by atoms with Crippen LogP contribution in [0.4, 0.5) is 4.39 Å². The SMILES string of the molecule is COc1cc2c(cc1OC)CN(C(=O)CN(Cc1ccccc1F)C1CC1)CC2. The molecule has 1 saturated carbocycles. The normalized spacial score (nSPS) is 15.9. The number of hydrogen-bond donors (Lipinski definition) is 0. The molecule has 4 rings (SSSR count). The first-order valence-electron chi connectivity index (χ1n) is 10.1. The zero-order chi connectivity index (χ0) is 20.4. The highest BCUT2D eigenvalue weighted by Gasteiger charge is 2.32. The van der Waals surface area contributed by atoms with Crippen LogP contribution in [0.25, 0.3) is 0 Å². The number of nitrogens with zero attached hydrogens (tertiary/aromatic N) is 2. The Bertz CT molecular complexity index is 898. The van der Waals surface area contributed by atoms with Crippen molar-refractivity contribution in [1.29, 1.82) is 0 Å². The van der Waals surface area contributed by atoms with E-state index in [0.29, 0.717) is 43.5 Å². The molecule has 0 radical (unpaired) electrons. The second-order valence-electron chi connectivity index (χ2n) is 7.77. The molecular weight excluding hydrogens is 371 g/mol. The molecule has 1 heterocycles. The van der Waals surface area contributed by atoms with Crippen LogP contribution in [0.3, 0.4) is 0 Å². The zero-order valence-corrected chi connectivity index (χ0v) is 17.0. The van der Waals surface area contributed by atoms with E-state index >= 15 is 0 Å². The third kappa shape index (κ3) is 4.37. The van der Waals surface area contributed by atoms with Crippen molar-refractivity contribution in [2.24, 2.45) is 0 Å². The van der Waals surface area contributed by atoms with Gasteiger partial charge in [-0.2, -0.15) is 0 Å². The van der Waals surface area contributed by atoms with Crippen molar-refractivity contribution in [1.82, 2.24) is 9.80 Å². The summed E-state index contributed by atoms with van der Waals surface area (Å²) in [5.74, 6) is 1.28. The van der Waals surface area contributed by atoms with Crippen molar-refractivity contribution >= 4 is 5.91 Å². The molecule has 0 N–H and O–H groups in total. The van der Waals surface area contributed by atoms with Gasteiger partial charge in [-0.05, 0) is 48.6 Å². The Morgan fingerprint density at radius 3 is 2.48 bits per heavy atom. The maximum atomic E-state index is 14.1. The number of carbonyl (C=O) groups excluding carboxylic acids is 1. The van der Waals surface area contributed by atoms with Gasteiger partial charge in [0.25, 0.3) is 0 Å². The molecule has 1 fully saturated rings. The van der Waals surface area contributed by atoms with Crippen LogP contribution in [0, 0.1) is 5.82 Å². The first-order chi connectivity index (χ1) is 14.1. The molecule has 1 aliphatic heterocycles. The van der Waals surface area contributed by atoms with Gasteiger partial charge < -0.3 is 14.4 Å². The van der Waals surface area contributed by atoms with Crippen LogP contribution in [0.2, 0.25) is 0 Å². The highest BCUT2D eigenvalue weighted by Crippen LogP contribution is 2.34. The predicted molar refractivity (Wildman–Crippen MR) is 108 cm³/mol. The maximum Gasteiger partial charge on any atom is 0.237 e. The van der Waals surface area contributed by atoms with E-state index in [1.807, 2.05) is 23.1 Å². The van der Waals surface area contributed by atoms with Crippen molar-refractivity contribution in [3.8, 4) is 11.5 Å². The van der Waals surface area contributed by atoms with E-state index in [2.05, 4.69) is 4.90 Å². The lowest BCUT2D eigenvalue weighted by molar-refractivity contribution is -0.133. The summed E-state index contributed by atoms with van der Waals surface area (Å²) in [5, 5.41) is 0. The lowest BCUT2D eigenvalue weighted by Gasteiger charge is -2.32. The van der Waals surface area contributed by atoms with Crippen LogP contribution in [0.1, 0.15) is 29.5 Å². The van der Waals surface area contributed by atoms with Crippen LogP contribution in [0.5, 0.6) is 11.5 Å². The Morgan fingerprint density at radius 2 is 1.83 bits per heavy atom. The lowest BCUT2D eigenvalue weighted by atomic mass is 9.98. The average molecular weight is 398 g/mol. The summed E-state index contributed by atoms with van der Waals surface area (Å²) in [6.07, 6.45) is 2.93. The minimum Gasteiger partial charge on any atom is -0.493 e. The Labute approximate surface area is 171 Å². The standard InChI is InChI=1S/C23H27FN2O3/c1-28-21-11-16-9-10-25(14-18(16)12-22(21)29-2)23(27)15-26(19-7-8-19)13-17-5-3-4-6-20(17)24/h3-6,11-12,19H,7-10,13-15H2,1-2H3. The Morgan fingerprint density at radius 1 is 1.14 bits per heavy atom. The maximum absolute atomic E-state index is 14.1. The van der Waals surface area contributed by atoms with E-state index in [1.54, 1.807) is 26.4 Å². The van der Waals surface area contributed by atoms with Gasteiger partial charge >= 0.3 is 0 Å². The number of rotatable bonds is 7. The molecule has 6 heteroatoms. The van der Waals surface area contributed by atoms with Gasteiger partial charge in [0, 0.05) is 31.2 Å². The molecule has 2 aliphatic rings. The second kappa shape index (κ2) is 8.41. The predicted octanol–water partition coefficient (Wildman–Crippen LogP) is 3.39. The molecule has 0 atom stereocenters. The minimum absolute atomic E-state index is 0.0914. The fourth-order valence-corrected chi connectivity index (χ4v) is 3.97. The van der Waals surface area contributed by atoms with Gasteiger partial charge in [0.1, 0.15) is 5.82 Å².